The van der Waals surface area contributed by atoms with Crippen molar-refractivity contribution in [1.29, 1.82) is 0 Å². The summed E-state index contributed by atoms with van der Waals surface area (Å²) in [5.74, 6) is 3.44. The summed E-state index contributed by atoms with van der Waals surface area (Å²) in [4.78, 5) is 5.98. The van der Waals surface area contributed by atoms with E-state index in [1.54, 1.807) is 17.7 Å². The van der Waals surface area contributed by atoms with Gasteiger partial charge in [-0.1, -0.05) is 19.1 Å². The molecular weight excluding hydrogens is 539 g/mol. The molecule has 3 heterocycles. The molecule has 1 aliphatic rings. The van der Waals surface area contributed by atoms with E-state index in [0.29, 0.717) is 19.8 Å². The minimum absolute atomic E-state index is 0. The number of hydrogen-bond acceptors (Lipinski definition) is 6. The smallest absolute Gasteiger partial charge is 0.191 e. The van der Waals surface area contributed by atoms with Gasteiger partial charge in [-0.05, 0) is 35.6 Å². The molecule has 0 saturated carbocycles. The van der Waals surface area contributed by atoms with E-state index in [1.807, 2.05) is 6.07 Å². The molecule has 2 aromatic heterocycles. The van der Waals surface area contributed by atoms with Crippen molar-refractivity contribution in [2.45, 2.75) is 32.9 Å². The topological polar surface area (TPSA) is 85.6 Å². The third kappa shape index (κ3) is 6.83. The van der Waals surface area contributed by atoms with Crippen LogP contribution in [0.2, 0.25) is 0 Å². The largest absolute Gasteiger partial charge is 0.486 e. The van der Waals surface area contributed by atoms with E-state index in [4.69, 9.17) is 14.5 Å². The average Bonchev–Trinajstić information content (AvgIpc) is 3.49. The van der Waals surface area contributed by atoms with Crippen molar-refractivity contribution in [2.75, 3.05) is 26.3 Å². The van der Waals surface area contributed by atoms with Gasteiger partial charge in [-0.3, -0.25) is 0 Å². The summed E-state index contributed by atoms with van der Waals surface area (Å²) >= 11 is 1.72. The van der Waals surface area contributed by atoms with Crippen LogP contribution in [0.5, 0.6) is 11.5 Å². The van der Waals surface area contributed by atoms with E-state index >= 15 is 0 Å². The number of thiophene rings is 1. The number of nitrogens with zero attached hydrogens (tertiary/aromatic N) is 4. The van der Waals surface area contributed by atoms with Gasteiger partial charge in [-0.2, -0.15) is 0 Å². The Kier molecular flexibility index (Phi) is 9.60. The first-order chi connectivity index (χ1) is 15.3. The molecule has 2 N–H and O–H groups in total. The van der Waals surface area contributed by atoms with Crippen LogP contribution < -0.4 is 20.1 Å². The highest BCUT2D eigenvalue weighted by Crippen LogP contribution is 2.30. The number of hydrogen-bond donors (Lipinski definition) is 2. The van der Waals surface area contributed by atoms with Crippen LogP contribution >= 0.6 is 35.3 Å². The lowest BCUT2D eigenvalue weighted by molar-refractivity contribution is 0.171. The minimum Gasteiger partial charge on any atom is -0.486 e. The number of aliphatic imine (C=N–C) groups is 1. The summed E-state index contributed by atoms with van der Waals surface area (Å²) in [5, 5.41) is 17.1. The minimum atomic E-state index is 0. The Morgan fingerprint density at radius 3 is 2.81 bits per heavy atom. The second-order valence-corrected chi connectivity index (χ2v) is 8.15. The molecule has 1 aliphatic heterocycles. The second-order valence-electron chi connectivity index (χ2n) is 7.12. The van der Waals surface area contributed by atoms with Gasteiger partial charge in [0, 0.05) is 30.9 Å². The van der Waals surface area contributed by atoms with Crippen molar-refractivity contribution in [2.24, 2.45) is 4.99 Å². The molecule has 32 heavy (non-hydrogen) atoms. The Bertz CT molecular complexity index is 992. The lowest BCUT2D eigenvalue weighted by Crippen LogP contribution is -2.40. The summed E-state index contributed by atoms with van der Waals surface area (Å²) in [6, 6.07) is 10.3. The molecule has 4 rings (SSSR count). The number of guanidine groups is 1. The number of aromatic nitrogens is 3. The van der Waals surface area contributed by atoms with Gasteiger partial charge in [0.2, 0.25) is 0 Å². The standard InChI is InChI=1S/C22H28N6O2S.HI/c1-2-21-27-26-16-28(21)10-9-24-22(25-15-18-4-3-13-31-18)23-8-7-17-5-6-19-20(14-17)30-12-11-29-19;/h3-6,13-14,16H,2,7-12,15H2,1H3,(H2,23,24,25);1H. The van der Waals surface area contributed by atoms with Crippen LogP contribution in [0.15, 0.2) is 47.0 Å². The Morgan fingerprint density at radius 1 is 1.16 bits per heavy atom. The molecule has 0 unspecified atom stereocenters. The molecule has 8 nitrogen and oxygen atoms in total. The number of nitrogens with one attached hydrogen (secondary N) is 2. The van der Waals surface area contributed by atoms with Crippen LogP contribution in [0, 0.1) is 0 Å². The predicted molar refractivity (Wildman–Crippen MR) is 137 cm³/mol. The van der Waals surface area contributed by atoms with Gasteiger partial charge in [-0.15, -0.1) is 45.5 Å². The van der Waals surface area contributed by atoms with Gasteiger partial charge in [0.05, 0.1) is 6.54 Å². The Balaban J connectivity index is 0.00000289. The molecule has 3 aromatic rings. The molecule has 0 spiro atoms. The first-order valence-electron chi connectivity index (χ1n) is 10.6. The first kappa shape index (κ1) is 24.3. The zero-order valence-corrected chi connectivity index (χ0v) is 21.3. The van der Waals surface area contributed by atoms with E-state index in [9.17, 15) is 0 Å². The number of halogens is 1. The van der Waals surface area contributed by atoms with Gasteiger partial charge < -0.3 is 24.7 Å². The molecule has 10 heteroatoms. The van der Waals surface area contributed by atoms with Crippen LogP contribution in [0.25, 0.3) is 0 Å². The highest BCUT2D eigenvalue weighted by molar-refractivity contribution is 14.0. The fourth-order valence-electron chi connectivity index (χ4n) is 3.34. The Morgan fingerprint density at radius 2 is 2.00 bits per heavy atom. The third-order valence-electron chi connectivity index (χ3n) is 4.94. The molecule has 0 fully saturated rings. The summed E-state index contributed by atoms with van der Waals surface area (Å²) in [6.07, 6.45) is 3.51. The van der Waals surface area contributed by atoms with Gasteiger partial charge in [0.25, 0.3) is 0 Å². The van der Waals surface area contributed by atoms with Gasteiger partial charge in [0.15, 0.2) is 17.5 Å². The van der Waals surface area contributed by atoms with Crippen LogP contribution in [-0.4, -0.2) is 47.0 Å². The predicted octanol–water partition coefficient (Wildman–Crippen LogP) is 3.27. The summed E-state index contributed by atoms with van der Waals surface area (Å²) in [7, 11) is 0. The molecule has 0 bridgehead atoms. The Labute approximate surface area is 209 Å². The van der Waals surface area contributed by atoms with Crippen molar-refractivity contribution in [3.63, 3.8) is 0 Å². The molecule has 0 aliphatic carbocycles. The zero-order valence-electron chi connectivity index (χ0n) is 18.1. The molecule has 0 radical (unpaired) electrons. The number of aryl methyl sites for hydroxylation is 1. The normalized spacial score (nSPS) is 12.8. The summed E-state index contributed by atoms with van der Waals surface area (Å²) in [5.41, 5.74) is 1.20. The van der Waals surface area contributed by atoms with Crippen molar-refractivity contribution in [1.82, 2.24) is 25.4 Å². The van der Waals surface area contributed by atoms with Crippen molar-refractivity contribution in [3.05, 3.63) is 58.3 Å². The summed E-state index contributed by atoms with van der Waals surface area (Å²) < 4.78 is 13.4. The fraction of sp³-hybridized carbons (Fsp3) is 0.409. The van der Waals surface area contributed by atoms with E-state index in [2.05, 4.69) is 62.0 Å². The second kappa shape index (κ2) is 12.6. The maximum Gasteiger partial charge on any atom is 0.191 e. The molecule has 172 valence electrons. The number of benzene rings is 1. The van der Waals surface area contributed by atoms with Gasteiger partial charge >= 0.3 is 0 Å². The van der Waals surface area contributed by atoms with Gasteiger partial charge in [-0.25, -0.2) is 4.99 Å². The highest BCUT2D eigenvalue weighted by atomic mass is 127. The van der Waals surface area contributed by atoms with E-state index in [-0.39, 0.29) is 24.0 Å². The van der Waals surface area contributed by atoms with E-state index < -0.39 is 0 Å². The lowest BCUT2D eigenvalue weighted by atomic mass is 10.1. The van der Waals surface area contributed by atoms with Crippen molar-refractivity contribution < 1.29 is 9.47 Å². The maximum atomic E-state index is 5.69. The number of fused-ring (bicyclic) bond motifs is 1. The average molecular weight is 568 g/mol. The Hall–Kier alpha value is -2.34. The molecule has 0 atom stereocenters. The highest BCUT2D eigenvalue weighted by Gasteiger charge is 2.11. The molecule has 0 saturated heterocycles. The van der Waals surface area contributed by atoms with Crippen LogP contribution in [-0.2, 0) is 25.9 Å². The third-order valence-corrected chi connectivity index (χ3v) is 5.80. The quantitative estimate of drug-likeness (QED) is 0.234. The number of ether oxygens (including phenoxy) is 2. The SMILES string of the molecule is CCc1nncn1CCNC(=NCc1cccs1)NCCc1ccc2c(c1)OCCO2.I. The molecule has 0 amide bonds. The lowest BCUT2D eigenvalue weighted by Gasteiger charge is -2.19. The van der Waals surface area contributed by atoms with Crippen LogP contribution in [0.1, 0.15) is 23.2 Å². The van der Waals surface area contributed by atoms with E-state index in [0.717, 1.165) is 55.8 Å². The number of rotatable bonds is 9. The van der Waals surface area contributed by atoms with Crippen molar-refractivity contribution in [3.8, 4) is 11.5 Å². The molecular formula is C22H29IN6O2S. The first-order valence-corrected chi connectivity index (χ1v) is 11.5. The van der Waals surface area contributed by atoms with E-state index in [1.165, 1.54) is 10.4 Å². The summed E-state index contributed by atoms with van der Waals surface area (Å²) in [6.45, 7) is 6.25. The maximum absolute atomic E-state index is 5.69. The van der Waals surface area contributed by atoms with Crippen molar-refractivity contribution >= 4 is 41.3 Å². The zero-order chi connectivity index (χ0) is 21.3. The van der Waals surface area contributed by atoms with Crippen LogP contribution in [0.4, 0.5) is 0 Å². The fourth-order valence-corrected chi connectivity index (χ4v) is 3.96. The van der Waals surface area contributed by atoms with Gasteiger partial charge in [0.1, 0.15) is 25.4 Å². The molecule has 1 aromatic carbocycles. The monoisotopic (exact) mass is 568 g/mol. The van der Waals surface area contributed by atoms with Crippen LogP contribution in [0.3, 0.4) is 0 Å².